The normalized spacial score (nSPS) is 11.0. The summed E-state index contributed by atoms with van der Waals surface area (Å²) in [6.07, 6.45) is 3.33. The van der Waals surface area contributed by atoms with Crippen LogP contribution in [0.2, 0.25) is 0 Å². The number of aliphatic hydroxyl groups is 1. The lowest BCUT2D eigenvalue weighted by Gasteiger charge is -2.17. The zero-order chi connectivity index (χ0) is 18.8. The Hall–Kier alpha value is -2.04. The maximum Gasteiger partial charge on any atom is 0.119 e. The van der Waals surface area contributed by atoms with E-state index in [2.05, 4.69) is 67.3 Å². The van der Waals surface area contributed by atoms with Crippen LogP contribution in [0.4, 0.5) is 5.69 Å². The number of ether oxygens (including phenoxy) is 1. The fourth-order valence-electron chi connectivity index (χ4n) is 2.86. The number of nitrogens with zero attached hydrogens (tertiary/aromatic N) is 2. The third-order valence-electron chi connectivity index (χ3n) is 4.52. The van der Waals surface area contributed by atoms with Crippen molar-refractivity contribution in [2.75, 3.05) is 52.3 Å². The monoisotopic (exact) mass is 356 g/mol. The van der Waals surface area contributed by atoms with Crippen LogP contribution in [0.5, 0.6) is 5.75 Å². The number of aliphatic hydroxyl groups excluding tert-OH is 1. The zero-order valence-corrected chi connectivity index (χ0v) is 16.3. The molecule has 0 saturated carbocycles. The van der Waals surface area contributed by atoms with Gasteiger partial charge in [-0.3, -0.25) is 0 Å². The van der Waals surface area contributed by atoms with Crippen LogP contribution >= 0.6 is 0 Å². The van der Waals surface area contributed by atoms with E-state index in [1.807, 2.05) is 12.1 Å². The molecule has 0 unspecified atom stereocenters. The first-order chi connectivity index (χ1) is 12.6. The SMILES string of the molecule is CN(CCCc1ccc(N(C)C)cc1)CCc1ccc(OCCO)cc1. The van der Waals surface area contributed by atoms with Crippen molar-refractivity contribution < 1.29 is 9.84 Å². The van der Waals surface area contributed by atoms with Gasteiger partial charge in [-0.25, -0.2) is 0 Å². The van der Waals surface area contributed by atoms with Crippen molar-refractivity contribution in [3.63, 3.8) is 0 Å². The minimum absolute atomic E-state index is 0.0480. The molecule has 0 aliphatic rings. The van der Waals surface area contributed by atoms with E-state index >= 15 is 0 Å². The van der Waals surface area contributed by atoms with E-state index in [-0.39, 0.29) is 6.61 Å². The van der Waals surface area contributed by atoms with E-state index in [1.54, 1.807) is 0 Å². The first-order valence-corrected chi connectivity index (χ1v) is 9.36. The summed E-state index contributed by atoms with van der Waals surface area (Å²) < 4.78 is 5.39. The number of aryl methyl sites for hydroxylation is 1. The van der Waals surface area contributed by atoms with Gasteiger partial charge in [0.25, 0.3) is 0 Å². The molecule has 0 saturated heterocycles. The highest BCUT2D eigenvalue weighted by Gasteiger charge is 2.02. The number of rotatable bonds is 11. The smallest absolute Gasteiger partial charge is 0.119 e. The van der Waals surface area contributed by atoms with Gasteiger partial charge in [0.2, 0.25) is 0 Å². The summed E-state index contributed by atoms with van der Waals surface area (Å²) in [6, 6.07) is 17.0. The molecule has 0 aliphatic carbocycles. The summed E-state index contributed by atoms with van der Waals surface area (Å²) in [7, 11) is 6.33. The predicted molar refractivity (Wildman–Crippen MR) is 109 cm³/mol. The van der Waals surface area contributed by atoms with Crippen molar-refractivity contribution in [3.8, 4) is 5.75 Å². The molecule has 1 N–H and O–H groups in total. The standard InChI is InChI=1S/C22H32N2O2/c1-23(2)21-10-6-19(7-11-21)5-4-15-24(3)16-14-20-8-12-22(13-9-20)26-18-17-25/h6-13,25H,4-5,14-18H2,1-3H3. The average molecular weight is 357 g/mol. The first-order valence-electron chi connectivity index (χ1n) is 9.36. The Labute approximate surface area is 158 Å². The highest BCUT2D eigenvalue weighted by Crippen LogP contribution is 2.14. The number of likely N-dealkylation sites (N-methyl/N-ethyl adjacent to an activating group) is 1. The largest absolute Gasteiger partial charge is 0.491 e. The van der Waals surface area contributed by atoms with Crippen LogP contribution in [-0.4, -0.2) is 57.5 Å². The van der Waals surface area contributed by atoms with Gasteiger partial charge < -0.3 is 19.6 Å². The highest BCUT2D eigenvalue weighted by molar-refractivity contribution is 5.46. The lowest BCUT2D eigenvalue weighted by molar-refractivity contribution is 0.201. The minimum atomic E-state index is 0.0480. The lowest BCUT2D eigenvalue weighted by atomic mass is 10.1. The molecule has 2 rings (SSSR count). The van der Waals surface area contributed by atoms with Gasteiger partial charge in [-0.1, -0.05) is 24.3 Å². The Kier molecular flexibility index (Phi) is 8.45. The Bertz CT molecular complexity index is 624. The van der Waals surface area contributed by atoms with Gasteiger partial charge in [0.05, 0.1) is 6.61 Å². The topological polar surface area (TPSA) is 35.9 Å². The van der Waals surface area contributed by atoms with Gasteiger partial charge in [-0.15, -0.1) is 0 Å². The Morgan fingerprint density at radius 3 is 2.04 bits per heavy atom. The van der Waals surface area contributed by atoms with Crippen LogP contribution in [0.1, 0.15) is 17.5 Å². The second-order valence-corrected chi connectivity index (χ2v) is 6.93. The number of anilines is 1. The predicted octanol–water partition coefficient (Wildman–Crippen LogP) is 3.23. The molecule has 0 amide bonds. The molecular weight excluding hydrogens is 324 g/mol. The molecule has 0 aliphatic heterocycles. The van der Waals surface area contributed by atoms with Gasteiger partial charge >= 0.3 is 0 Å². The third-order valence-corrected chi connectivity index (χ3v) is 4.52. The van der Waals surface area contributed by atoms with E-state index in [0.717, 1.165) is 31.7 Å². The van der Waals surface area contributed by atoms with Crippen LogP contribution in [0.3, 0.4) is 0 Å². The van der Waals surface area contributed by atoms with Crippen molar-refractivity contribution in [2.24, 2.45) is 0 Å². The molecule has 2 aromatic carbocycles. The second-order valence-electron chi connectivity index (χ2n) is 6.93. The average Bonchev–Trinajstić information content (AvgIpc) is 2.66. The molecule has 0 fully saturated rings. The van der Waals surface area contributed by atoms with Gasteiger partial charge in [-0.05, 0) is 68.2 Å². The van der Waals surface area contributed by atoms with Crippen LogP contribution in [0.15, 0.2) is 48.5 Å². The number of hydrogen-bond acceptors (Lipinski definition) is 4. The fourth-order valence-corrected chi connectivity index (χ4v) is 2.86. The van der Waals surface area contributed by atoms with E-state index in [9.17, 15) is 0 Å². The molecule has 0 aromatic heterocycles. The summed E-state index contributed by atoms with van der Waals surface area (Å²) in [4.78, 5) is 4.52. The molecule has 0 spiro atoms. The zero-order valence-electron chi connectivity index (χ0n) is 16.3. The van der Waals surface area contributed by atoms with Gasteiger partial charge in [0.15, 0.2) is 0 Å². The van der Waals surface area contributed by atoms with E-state index in [0.29, 0.717) is 6.61 Å². The summed E-state index contributed by atoms with van der Waals surface area (Å²) >= 11 is 0. The molecule has 4 nitrogen and oxygen atoms in total. The van der Waals surface area contributed by atoms with Crippen LogP contribution in [0, 0.1) is 0 Å². The summed E-state index contributed by atoms with van der Waals surface area (Å²) in [6.45, 7) is 2.55. The number of hydrogen-bond donors (Lipinski definition) is 1. The van der Waals surface area contributed by atoms with Gasteiger partial charge in [0, 0.05) is 26.3 Å². The molecule has 4 heteroatoms. The summed E-state index contributed by atoms with van der Waals surface area (Å²) in [5, 5.41) is 8.77. The summed E-state index contributed by atoms with van der Waals surface area (Å²) in [5.41, 5.74) is 3.97. The maximum atomic E-state index is 8.77. The van der Waals surface area contributed by atoms with Crippen molar-refractivity contribution in [1.29, 1.82) is 0 Å². The Morgan fingerprint density at radius 1 is 0.808 bits per heavy atom. The second kappa shape index (κ2) is 10.8. The summed E-state index contributed by atoms with van der Waals surface area (Å²) in [5.74, 6) is 0.816. The third kappa shape index (κ3) is 7.06. The molecule has 142 valence electrons. The van der Waals surface area contributed by atoms with E-state index in [1.165, 1.54) is 23.2 Å². The molecule has 2 aromatic rings. The molecular formula is C22H32N2O2. The molecule has 26 heavy (non-hydrogen) atoms. The van der Waals surface area contributed by atoms with Gasteiger partial charge in [-0.2, -0.15) is 0 Å². The minimum Gasteiger partial charge on any atom is -0.491 e. The maximum absolute atomic E-state index is 8.77. The van der Waals surface area contributed by atoms with Crippen molar-refractivity contribution in [3.05, 3.63) is 59.7 Å². The van der Waals surface area contributed by atoms with E-state index in [4.69, 9.17) is 9.84 Å². The van der Waals surface area contributed by atoms with E-state index < -0.39 is 0 Å². The van der Waals surface area contributed by atoms with Crippen LogP contribution in [-0.2, 0) is 12.8 Å². The molecule has 0 heterocycles. The van der Waals surface area contributed by atoms with Crippen molar-refractivity contribution in [2.45, 2.75) is 19.3 Å². The number of benzene rings is 2. The van der Waals surface area contributed by atoms with Crippen LogP contribution in [0.25, 0.3) is 0 Å². The quantitative estimate of drug-likeness (QED) is 0.671. The first kappa shape index (κ1) is 20.3. The van der Waals surface area contributed by atoms with Gasteiger partial charge in [0.1, 0.15) is 12.4 Å². The Balaban J connectivity index is 1.66. The van der Waals surface area contributed by atoms with Crippen molar-refractivity contribution in [1.82, 2.24) is 4.90 Å². The molecule has 0 bridgehead atoms. The highest BCUT2D eigenvalue weighted by atomic mass is 16.5. The lowest BCUT2D eigenvalue weighted by Crippen LogP contribution is -2.22. The Morgan fingerprint density at radius 2 is 1.42 bits per heavy atom. The van der Waals surface area contributed by atoms with Crippen LogP contribution < -0.4 is 9.64 Å². The molecule has 0 radical (unpaired) electrons. The molecule has 0 atom stereocenters. The van der Waals surface area contributed by atoms with Crippen molar-refractivity contribution >= 4 is 5.69 Å². The fraction of sp³-hybridized carbons (Fsp3) is 0.455.